The van der Waals surface area contributed by atoms with E-state index in [0.717, 1.165) is 64.2 Å². The topological polar surface area (TPSA) is 18.5 Å². The number of unbranched alkanes of at least 4 members (excludes halogenated alkanes) is 1. The van der Waals surface area contributed by atoms with Gasteiger partial charge in [-0.3, -0.25) is 0 Å². The summed E-state index contributed by atoms with van der Waals surface area (Å²) in [6, 6.07) is 6.48. The molecule has 36 heavy (non-hydrogen) atoms. The van der Waals surface area contributed by atoms with Gasteiger partial charge in [-0.2, -0.15) is 8.78 Å². The third-order valence-electron chi connectivity index (χ3n) is 8.30. The zero-order valence-corrected chi connectivity index (χ0v) is 21.4. The lowest BCUT2D eigenvalue weighted by Gasteiger charge is -2.38. The second kappa shape index (κ2) is 12.3. The highest BCUT2D eigenvalue weighted by Crippen LogP contribution is 2.47. The van der Waals surface area contributed by atoms with Gasteiger partial charge in [0.25, 0.3) is 0 Å². The molecule has 0 N–H and O–H groups in total. The number of hydrogen-bond donors (Lipinski definition) is 0. The molecule has 2 aromatic rings. The quantitative estimate of drug-likeness (QED) is 0.249. The Morgan fingerprint density at radius 1 is 0.611 bits per heavy atom. The minimum absolute atomic E-state index is 0.000932. The molecule has 0 aliphatic heterocycles. The molecule has 0 radical (unpaired) electrons. The first-order chi connectivity index (χ1) is 17.4. The van der Waals surface area contributed by atoms with Gasteiger partial charge in [0.15, 0.2) is 23.1 Å². The molecule has 2 nitrogen and oxygen atoms in total. The Labute approximate surface area is 212 Å². The van der Waals surface area contributed by atoms with Gasteiger partial charge in [-0.15, -0.1) is 0 Å². The number of rotatable bonds is 9. The maximum absolute atomic E-state index is 14.8. The summed E-state index contributed by atoms with van der Waals surface area (Å²) in [7, 11) is 0. The molecule has 0 aromatic heterocycles. The Kier molecular flexibility index (Phi) is 9.19. The van der Waals surface area contributed by atoms with Gasteiger partial charge in [-0.05, 0) is 112 Å². The summed E-state index contributed by atoms with van der Waals surface area (Å²) >= 11 is 0. The first-order valence-corrected chi connectivity index (χ1v) is 13.7. The monoisotopic (exact) mass is 506 g/mol. The van der Waals surface area contributed by atoms with Crippen LogP contribution in [-0.2, 0) is 0 Å². The van der Waals surface area contributed by atoms with Crippen LogP contribution in [0.25, 0.3) is 0 Å². The molecule has 6 heteroatoms. The molecule has 4 rings (SSSR count). The van der Waals surface area contributed by atoms with Gasteiger partial charge in [0.2, 0.25) is 11.6 Å². The summed E-state index contributed by atoms with van der Waals surface area (Å²) in [5, 5.41) is 0. The van der Waals surface area contributed by atoms with Crippen LogP contribution in [0.4, 0.5) is 17.6 Å². The summed E-state index contributed by atoms with van der Waals surface area (Å²) in [6.45, 7) is 4.45. The average Bonchev–Trinajstić information content (AvgIpc) is 2.90. The van der Waals surface area contributed by atoms with Crippen molar-refractivity contribution < 1.29 is 27.0 Å². The molecule has 198 valence electrons. The van der Waals surface area contributed by atoms with Crippen molar-refractivity contribution in [3.8, 4) is 11.5 Å². The fraction of sp³-hybridized carbons (Fsp3) is 0.600. The fourth-order valence-electron chi connectivity index (χ4n) is 6.23. The molecule has 0 atom stereocenters. The first-order valence-electron chi connectivity index (χ1n) is 13.7. The minimum atomic E-state index is -0.890. The Hall–Kier alpha value is -2.24. The van der Waals surface area contributed by atoms with E-state index in [1.54, 1.807) is 25.1 Å². The van der Waals surface area contributed by atoms with Crippen molar-refractivity contribution >= 4 is 0 Å². The van der Waals surface area contributed by atoms with E-state index in [-0.39, 0.29) is 23.3 Å². The van der Waals surface area contributed by atoms with Crippen molar-refractivity contribution in [2.45, 2.75) is 89.9 Å². The molecule has 0 bridgehead atoms. The van der Waals surface area contributed by atoms with E-state index in [1.807, 2.05) is 6.92 Å². The standard InChI is InChI=1S/C30H38F4O2/c1-3-5-18-36-26-17-15-24(28(32)30(26)34)22-12-8-20(9-13-22)19-6-10-21(11-7-19)23-14-16-25(35-4-2)29(33)27(23)31/h14-17,19-22H,3-13,18H2,1-2H3. The van der Waals surface area contributed by atoms with E-state index >= 15 is 0 Å². The lowest BCUT2D eigenvalue weighted by Crippen LogP contribution is -2.25. The molecule has 2 fully saturated rings. The predicted molar refractivity (Wildman–Crippen MR) is 134 cm³/mol. The van der Waals surface area contributed by atoms with Gasteiger partial charge in [-0.25, -0.2) is 8.78 Å². The van der Waals surface area contributed by atoms with Crippen LogP contribution in [-0.4, -0.2) is 13.2 Å². The third-order valence-corrected chi connectivity index (χ3v) is 8.30. The predicted octanol–water partition coefficient (Wildman–Crippen LogP) is 9.07. The highest BCUT2D eigenvalue weighted by atomic mass is 19.2. The molecule has 0 saturated heterocycles. The molecule has 0 heterocycles. The van der Waals surface area contributed by atoms with Crippen LogP contribution in [0.2, 0.25) is 0 Å². The van der Waals surface area contributed by atoms with Gasteiger partial charge in [0, 0.05) is 0 Å². The Balaban J connectivity index is 1.30. The summed E-state index contributed by atoms with van der Waals surface area (Å²) in [6.07, 6.45) is 9.06. The lowest BCUT2D eigenvalue weighted by atomic mass is 9.67. The number of hydrogen-bond acceptors (Lipinski definition) is 2. The van der Waals surface area contributed by atoms with Crippen LogP contribution in [0.1, 0.15) is 101 Å². The second-order valence-electron chi connectivity index (χ2n) is 10.4. The molecule has 0 spiro atoms. The van der Waals surface area contributed by atoms with Gasteiger partial charge in [-0.1, -0.05) is 25.5 Å². The maximum atomic E-state index is 14.8. The van der Waals surface area contributed by atoms with Crippen LogP contribution in [0.5, 0.6) is 11.5 Å². The highest BCUT2D eigenvalue weighted by molar-refractivity contribution is 5.34. The zero-order valence-electron chi connectivity index (χ0n) is 21.4. The summed E-state index contributed by atoms with van der Waals surface area (Å²) in [4.78, 5) is 0. The lowest BCUT2D eigenvalue weighted by molar-refractivity contribution is 0.174. The van der Waals surface area contributed by atoms with Gasteiger partial charge in [0.1, 0.15) is 0 Å². The van der Waals surface area contributed by atoms with Crippen molar-refractivity contribution in [1.29, 1.82) is 0 Å². The Morgan fingerprint density at radius 3 is 1.47 bits per heavy atom. The first kappa shape index (κ1) is 26.8. The van der Waals surface area contributed by atoms with Gasteiger partial charge < -0.3 is 9.47 Å². The van der Waals surface area contributed by atoms with Crippen LogP contribution in [0.3, 0.4) is 0 Å². The maximum Gasteiger partial charge on any atom is 0.200 e. The van der Waals surface area contributed by atoms with Crippen molar-refractivity contribution in [2.24, 2.45) is 11.8 Å². The Morgan fingerprint density at radius 2 is 1.06 bits per heavy atom. The van der Waals surface area contributed by atoms with E-state index in [9.17, 15) is 17.6 Å². The van der Waals surface area contributed by atoms with Crippen molar-refractivity contribution in [1.82, 2.24) is 0 Å². The van der Waals surface area contributed by atoms with Crippen LogP contribution in [0.15, 0.2) is 24.3 Å². The van der Waals surface area contributed by atoms with E-state index in [2.05, 4.69) is 0 Å². The van der Waals surface area contributed by atoms with Crippen LogP contribution >= 0.6 is 0 Å². The second-order valence-corrected chi connectivity index (χ2v) is 10.4. The molecule has 2 aliphatic carbocycles. The molecule has 2 saturated carbocycles. The SMILES string of the molecule is CCCCOc1ccc(C2CCC(C3CCC(c4ccc(OCC)c(F)c4F)CC3)CC2)c(F)c1F. The normalized spacial score (nSPS) is 24.5. The molecule has 2 aromatic carbocycles. The number of ether oxygens (including phenoxy) is 2. The molecule has 2 aliphatic rings. The highest BCUT2D eigenvalue weighted by Gasteiger charge is 2.34. The number of benzene rings is 2. The van der Waals surface area contributed by atoms with E-state index in [1.165, 1.54) is 6.07 Å². The Bertz CT molecular complexity index is 1010. The summed E-state index contributed by atoms with van der Waals surface area (Å²) in [5.74, 6) is -2.18. The smallest absolute Gasteiger partial charge is 0.200 e. The molecule has 0 unspecified atom stereocenters. The number of halogens is 4. The minimum Gasteiger partial charge on any atom is -0.491 e. The van der Waals surface area contributed by atoms with E-state index in [4.69, 9.17) is 9.47 Å². The van der Waals surface area contributed by atoms with E-state index in [0.29, 0.717) is 36.2 Å². The van der Waals surface area contributed by atoms with Crippen LogP contribution in [0, 0.1) is 35.1 Å². The molecule has 0 amide bonds. The van der Waals surface area contributed by atoms with E-state index < -0.39 is 23.3 Å². The molecular formula is C30H38F4O2. The van der Waals surface area contributed by atoms with Crippen molar-refractivity contribution in [2.75, 3.05) is 13.2 Å². The van der Waals surface area contributed by atoms with Crippen molar-refractivity contribution in [3.05, 3.63) is 58.7 Å². The fourth-order valence-corrected chi connectivity index (χ4v) is 6.23. The molecular weight excluding hydrogens is 468 g/mol. The summed E-state index contributed by atoms with van der Waals surface area (Å²) in [5.41, 5.74) is 0.920. The average molecular weight is 507 g/mol. The third kappa shape index (κ3) is 5.84. The zero-order chi connectivity index (χ0) is 25.7. The largest absolute Gasteiger partial charge is 0.491 e. The van der Waals surface area contributed by atoms with Crippen molar-refractivity contribution in [3.63, 3.8) is 0 Å². The summed E-state index contributed by atoms with van der Waals surface area (Å²) < 4.78 is 68.9. The van der Waals surface area contributed by atoms with Gasteiger partial charge in [0.05, 0.1) is 13.2 Å². The van der Waals surface area contributed by atoms with Gasteiger partial charge >= 0.3 is 0 Å². The van der Waals surface area contributed by atoms with Crippen LogP contribution < -0.4 is 9.47 Å².